The summed E-state index contributed by atoms with van der Waals surface area (Å²) in [6, 6.07) is 9.65. The van der Waals surface area contributed by atoms with Gasteiger partial charge in [0.2, 0.25) is 0 Å². The third kappa shape index (κ3) is 3.10. The molecule has 5 nitrogen and oxygen atoms in total. The second kappa shape index (κ2) is 6.97. The number of fused-ring (bicyclic) bond motifs is 1. The smallest absolute Gasteiger partial charge is 0.271 e. The fourth-order valence-electron chi connectivity index (χ4n) is 2.67. The number of rotatable bonds is 5. The third-order valence-corrected chi connectivity index (χ3v) is 4.70. The zero-order chi connectivity index (χ0) is 17.1. The number of carbonyl (C=O) groups excluding carboxylic acids is 1. The minimum Gasteiger partial charge on any atom is -0.349 e. The Balaban J connectivity index is 2.04. The number of hydrogen-bond donors (Lipinski definition) is 1. The number of thiazole rings is 1. The van der Waals surface area contributed by atoms with Gasteiger partial charge in [0.25, 0.3) is 11.5 Å². The molecule has 6 heteroatoms. The first-order chi connectivity index (χ1) is 11.6. The maximum absolute atomic E-state index is 12.8. The van der Waals surface area contributed by atoms with Crippen molar-refractivity contribution in [2.24, 2.45) is 0 Å². The third-order valence-electron chi connectivity index (χ3n) is 3.86. The van der Waals surface area contributed by atoms with Crippen molar-refractivity contribution in [2.45, 2.75) is 32.7 Å². The van der Waals surface area contributed by atoms with E-state index in [1.165, 1.54) is 21.9 Å². The van der Waals surface area contributed by atoms with E-state index in [9.17, 15) is 9.59 Å². The van der Waals surface area contributed by atoms with Gasteiger partial charge in [-0.15, -0.1) is 11.3 Å². The van der Waals surface area contributed by atoms with E-state index in [0.29, 0.717) is 4.96 Å². The number of amides is 1. The minimum atomic E-state index is -0.368. The Kier molecular flexibility index (Phi) is 4.76. The number of nitrogens with zero attached hydrogens (tertiary/aromatic N) is 2. The van der Waals surface area contributed by atoms with Crippen LogP contribution in [-0.4, -0.2) is 21.3 Å². The molecule has 0 fully saturated rings. The van der Waals surface area contributed by atoms with Gasteiger partial charge in [0.05, 0.1) is 5.69 Å². The fourth-order valence-corrected chi connectivity index (χ4v) is 3.52. The second-order valence-corrected chi connectivity index (χ2v) is 6.58. The van der Waals surface area contributed by atoms with Crippen molar-refractivity contribution in [2.75, 3.05) is 0 Å². The zero-order valence-electron chi connectivity index (χ0n) is 13.7. The van der Waals surface area contributed by atoms with Crippen molar-refractivity contribution in [1.82, 2.24) is 14.7 Å². The van der Waals surface area contributed by atoms with Crippen LogP contribution >= 0.6 is 11.3 Å². The molecule has 1 amide bonds. The number of carbonyl (C=O) groups is 1. The molecular formula is C18H19N3O2S. The summed E-state index contributed by atoms with van der Waals surface area (Å²) in [7, 11) is 0. The maximum atomic E-state index is 12.8. The van der Waals surface area contributed by atoms with Gasteiger partial charge >= 0.3 is 0 Å². The molecule has 0 saturated carbocycles. The van der Waals surface area contributed by atoms with E-state index in [4.69, 9.17) is 0 Å². The lowest BCUT2D eigenvalue weighted by molar-refractivity contribution is 0.0936. The average molecular weight is 341 g/mol. The van der Waals surface area contributed by atoms with Crippen molar-refractivity contribution in [3.05, 3.63) is 57.8 Å². The van der Waals surface area contributed by atoms with Crippen LogP contribution < -0.4 is 10.9 Å². The Morgan fingerprint density at radius 1 is 1.33 bits per heavy atom. The molecular weight excluding hydrogens is 322 g/mol. The first-order valence-corrected chi connectivity index (χ1v) is 8.85. The first kappa shape index (κ1) is 16.4. The quantitative estimate of drug-likeness (QED) is 0.774. The zero-order valence-corrected chi connectivity index (χ0v) is 14.5. The second-order valence-electron chi connectivity index (χ2n) is 5.75. The summed E-state index contributed by atoms with van der Waals surface area (Å²) in [4.78, 5) is 30.1. The highest BCUT2D eigenvalue weighted by atomic mass is 32.1. The van der Waals surface area contributed by atoms with E-state index in [1.54, 1.807) is 0 Å². The lowest BCUT2D eigenvalue weighted by Gasteiger charge is -2.12. The number of nitrogens with one attached hydrogen (secondary N) is 1. The lowest BCUT2D eigenvalue weighted by Crippen LogP contribution is -2.36. The van der Waals surface area contributed by atoms with Crippen LogP contribution in [0.1, 0.15) is 37.0 Å². The van der Waals surface area contributed by atoms with Crippen LogP contribution in [0, 0.1) is 0 Å². The summed E-state index contributed by atoms with van der Waals surface area (Å²) in [6.07, 6.45) is 3.22. The molecule has 2 heterocycles. The van der Waals surface area contributed by atoms with E-state index >= 15 is 0 Å². The molecule has 24 heavy (non-hydrogen) atoms. The van der Waals surface area contributed by atoms with Gasteiger partial charge in [0, 0.05) is 17.6 Å². The van der Waals surface area contributed by atoms with Gasteiger partial charge in [0.1, 0.15) is 5.56 Å². The topological polar surface area (TPSA) is 63.5 Å². The van der Waals surface area contributed by atoms with Gasteiger partial charge in [-0.05, 0) is 18.9 Å². The summed E-state index contributed by atoms with van der Waals surface area (Å²) < 4.78 is 1.51. The molecule has 1 atom stereocenters. The summed E-state index contributed by atoms with van der Waals surface area (Å²) in [5.41, 5.74) is 1.42. The molecule has 0 spiro atoms. The van der Waals surface area contributed by atoms with Crippen molar-refractivity contribution in [3.63, 3.8) is 0 Å². The number of aromatic nitrogens is 2. The monoisotopic (exact) mass is 341 g/mol. The van der Waals surface area contributed by atoms with Gasteiger partial charge in [0.15, 0.2) is 4.96 Å². The molecule has 2 aromatic heterocycles. The summed E-state index contributed by atoms with van der Waals surface area (Å²) in [6.45, 7) is 3.99. The first-order valence-electron chi connectivity index (χ1n) is 7.97. The van der Waals surface area contributed by atoms with E-state index in [1.807, 2.05) is 42.6 Å². The average Bonchev–Trinajstić information content (AvgIpc) is 3.01. The molecule has 0 aliphatic rings. The highest BCUT2D eigenvalue weighted by Crippen LogP contribution is 2.23. The highest BCUT2D eigenvalue weighted by Gasteiger charge is 2.18. The molecule has 0 saturated heterocycles. The molecule has 124 valence electrons. The van der Waals surface area contributed by atoms with Crippen LogP contribution in [0.3, 0.4) is 0 Å². The van der Waals surface area contributed by atoms with Gasteiger partial charge in [-0.1, -0.05) is 43.7 Å². The predicted molar refractivity (Wildman–Crippen MR) is 96.6 cm³/mol. The van der Waals surface area contributed by atoms with Crippen LogP contribution in [0.15, 0.2) is 46.7 Å². The van der Waals surface area contributed by atoms with Gasteiger partial charge in [-0.25, -0.2) is 4.98 Å². The van der Waals surface area contributed by atoms with Gasteiger partial charge in [-0.2, -0.15) is 0 Å². The highest BCUT2D eigenvalue weighted by molar-refractivity contribution is 7.15. The maximum Gasteiger partial charge on any atom is 0.271 e. The Labute approximate surface area is 144 Å². The summed E-state index contributed by atoms with van der Waals surface area (Å²) in [5, 5.41) is 4.75. The molecule has 0 aliphatic heterocycles. The molecule has 0 radical (unpaired) electrons. The largest absolute Gasteiger partial charge is 0.349 e. The lowest BCUT2D eigenvalue weighted by atomic mass is 10.1. The number of hydrogen-bond acceptors (Lipinski definition) is 4. The normalized spacial score (nSPS) is 12.2. The van der Waals surface area contributed by atoms with Gasteiger partial charge in [-0.3, -0.25) is 14.0 Å². The van der Waals surface area contributed by atoms with Crippen LogP contribution in [0.5, 0.6) is 0 Å². The fraction of sp³-hybridized carbons (Fsp3) is 0.278. The van der Waals surface area contributed by atoms with Crippen LogP contribution in [0.4, 0.5) is 0 Å². The molecule has 0 bridgehead atoms. The SMILES string of the molecule is CCCC(C)NC(=O)c1cnc2scc(-c3ccccc3)n2c1=O. The molecule has 3 aromatic rings. The van der Waals surface area contributed by atoms with Crippen molar-refractivity contribution in [3.8, 4) is 11.3 Å². The van der Waals surface area contributed by atoms with Gasteiger partial charge < -0.3 is 5.32 Å². The predicted octanol–water partition coefficient (Wildman–Crippen LogP) is 3.34. The van der Waals surface area contributed by atoms with Crippen LogP contribution in [0.2, 0.25) is 0 Å². The van der Waals surface area contributed by atoms with E-state index in [2.05, 4.69) is 17.2 Å². The Morgan fingerprint density at radius 3 is 2.79 bits per heavy atom. The van der Waals surface area contributed by atoms with E-state index in [0.717, 1.165) is 24.1 Å². The molecule has 3 rings (SSSR count). The molecule has 1 N–H and O–H groups in total. The Bertz CT molecular complexity index is 915. The summed E-state index contributed by atoms with van der Waals surface area (Å²) >= 11 is 1.39. The van der Waals surface area contributed by atoms with Crippen LogP contribution in [0.25, 0.3) is 16.2 Å². The van der Waals surface area contributed by atoms with E-state index in [-0.39, 0.29) is 23.1 Å². The Morgan fingerprint density at radius 2 is 2.08 bits per heavy atom. The molecule has 1 aromatic carbocycles. The van der Waals surface area contributed by atoms with Crippen molar-refractivity contribution in [1.29, 1.82) is 0 Å². The molecule has 0 aliphatic carbocycles. The summed E-state index contributed by atoms with van der Waals surface area (Å²) in [5.74, 6) is -0.368. The van der Waals surface area contributed by atoms with Crippen LogP contribution in [-0.2, 0) is 0 Å². The van der Waals surface area contributed by atoms with E-state index < -0.39 is 0 Å². The Hall–Kier alpha value is -2.47. The van der Waals surface area contributed by atoms with Crippen molar-refractivity contribution < 1.29 is 4.79 Å². The van der Waals surface area contributed by atoms with Crippen molar-refractivity contribution >= 4 is 22.2 Å². The minimum absolute atomic E-state index is 0.0265. The number of benzene rings is 1. The molecule has 1 unspecified atom stereocenters. The standard InChI is InChI=1S/C18H19N3O2S/c1-3-7-12(2)20-16(22)14-10-19-18-21(17(14)23)15(11-24-18)13-8-5-4-6-9-13/h4-6,8-12H,3,7H2,1-2H3,(H,20,22).